The maximum absolute atomic E-state index is 13.2. The minimum atomic E-state index is -0.495. The highest BCUT2D eigenvalue weighted by molar-refractivity contribution is 5.94. The van der Waals surface area contributed by atoms with Crippen molar-refractivity contribution in [2.24, 2.45) is 0 Å². The standard InChI is InChI=1S/C23H25N3O4/c1-13(2)30-22(27)20-14(3)24-23-25-17-8-6-7-9-18(17)26(23)21(20)16-12-15(28-4)10-11-19(16)29-5/h6-13,21H,1-5H3,(H,24,25)/t21-/m1/s1. The van der Waals surface area contributed by atoms with Crippen molar-refractivity contribution in [3.63, 3.8) is 0 Å². The van der Waals surface area contributed by atoms with Crippen molar-refractivity contribution >= 4 is 23.0 Å². The molecule has 156 valence electrons. The highest BCUT2D eigenvalue weighted by Gasteiger charge is 2.37. The van der Waals surface area contributed by atoms with E-state index in [4.69, 9.17) is 19.2 Å². The third kappa shape index (κ3) is 3.26. The minimum absolute atomic E-state index is 0.244. The molecule has 1 atom stereocenters. The number of ether oxygens (including phenoxy) is 3. The lowest BCUT2D eigenvalue weighted by molar-refractivity contribution is -0.143. The molecular weight excluding hydrogens is 382 g/mol. The van der Waals surface area contributed by atoms with Gasteiger partial charge in [0.05, 0.1) is 43.0 Å². The summed E-state index contributed by atoms with van der Waals surface area (Å²) in [5.41, 5.74) is 3.72. The van der Waals surface area contributed by atoms with Gasteiger partial charge in [-0.25, -0.2) is 9.78 Å². The molecule has 1 aromatic heterocycles. The van der Waals surface area contributed by atoms with Crippen LogP contribution in [0.3, 0.4) is 0 Å². The zero-order valence-corrected chi connectivity index (χ0v) is 17.7. The number of hydrogen-bond acceptors (Lipinski definition) is 6. The maximum Gasteiger partial charge on any atom is 0.338 e. The Morgan fingerprint density at radius 3 is 2.60 bits per heavy atom. The van der Waals surface area contributed by atoms with E-state index in [0.29, 0.717) is 28.7 Å². The second-order valence-electron chi connectivity index (χ2n) is 7.42. The van der Waals surface area contributed by atoms with Gasteiger partial charge in [0, 0.05) is 11.3 Å². The number of carbonyl (C=O) groups is 1. The molecule has 1 aliphatic rings. The number of aromatic nitrogens is 2. The van der Waals surface area contributed by atoms with Gasteiger partial charge in [0.1, 0.15) is 11.5 Å². The molecule has 0 amide bonds. The number of anilines is 1. The molecule has 0 saturated carbocycles. The average molecular weight is 407 g/mol. The fourth-order valence-corrected chi connectivity index (χ4v) is 3.85. The van der Waals surface area contributed by atoms with Crippen molar-refractivity contribution in [2.45, 2.75) is 32.9 Å². The van der Waals surface area contributed by atoms with E-state index in [9.17, 15) is 4.79 Å². The second-order valence-corrected chi connectivity index (χ2v) is 7.42. The first-order valence-electron chi connectivity index (χ1n) is 9.82. The fraction of sp³-hybridized carbons (Fsp3) is 0.304. The number of esters is 1. The molecule has 4 rings (SSSR count). The Morgan fingerprint density at radius 2 is 1.90 bits per heavy atom. The molecule has 0 aliphatic carbocycles. The molecule has 0 bridgehead atoms. The van der Waals surface area contributed by atoms with Gasteiger partial charge in [-0.15, -0.1) is 0 Å². The lowest BCUT2D eigenvalue weighted by Crippen LogP contribution is -2.30. The Kier molecular flexibility index (Phi) is 5.11. The number of para-hydroxylation sites is 2. The normalized spacial score (nSPS) is 15.7. The van der Waals surface area contributed by atoms with Gasteiger partial charge in [-0.05, 0) is 51.1 Å². The zero-order valence-electron chi connectivity index (χ0n) is 17.7. The summed E-state index contributed by atoms with van der Waals surface area (Å²) in [4.78, 5) is 17.9. The number of allylic oxidation sites excluding steroid dienone is 1. The summed E-state index contributed by atoms with van der Waals surface area (Å²) < 4.78 is 18.7. The number of hydrogen-bond donors (Lipinski definition) is 1. The number of fused-ring (bicyclic) bond motifs is 3. The highest BCUT2D eigenvalue weighted by Crippen LogP contribution is 2.43. The largest absolute Gasteiger partial charge is 0.497 e. The van der Waals surface area contributed by atoms with Gasteiger partial charge >= 0.3 is 5.97 Å². The number of methoxy groups -OCH3 is 2. The van der Waals surface area contributed by atoms with Gasteiger partial charge in [0.15, 0.2) is 0 Å². The summed E-state index contributed by atoms with van der Waals surface area (Å²) in [5, 5.41) is 3.28. The van der Waals surface area contributed by atoms with Crippen LogP contribution >= 0.6 is 0 Å². The van der Waals surface area contributed by atoms with E-state index in [1.165, 1.54) is 0 Å². The van der Waals surface area contributed by atoms with Crippen molar-refractivity contribution in [3.05, 3.63) is 59.3 Å². The fourth-order valence-electron chi connectivity index (χ4n) is 3.85. The topological polar surface area (TPSA) is 74.6 Å². The minimum Gasteiger partial charge on any atom is -0.497 e. The van der Waals surface area contributed by atoms with Crippen molar-refractivity contribution in [2.75, 3.05) is 19.5 Å². The third-order valence-corrected chi connectivity index (χ3v) is 5.12. The van der Waals surface area contributed by atoms with E-state index in [2.05, 4.69) is 5.32 Å². The Balaban J connectivity index is 2.01. The van der Waals surface area contributed by atoms with E-state index in [0.717, 1.165) is 16.6 Å². The van der Waals surface area contributed by atoms with Crippen LogP contribution in [0.15, 0.2) is 53.7 Å². The molecule has 2 aromatic carbocycles. The number of imidazole rings is 1. The summed E-state index contributed by atoms with van der Waals surface area (Å²) in [6.07, 6.45) is -0.244. The number of carbonyl (C=O) groups excluding carboxylic acids is 1. The maximum atomic E-state index is 13.2. The number of nitrogens with one attached hydrogen (secondary N) is 1. The van der Waals surface area contributed by atoms with Crippen LogP contribution in [0.25, 0.3) is 11.0 Å². The Labute approximate surface area is 175 Å². The predicted octanol–water partition coefficient (Wildman–Crippen LogP) is 4.29. The van der Waals surface area contributed by atoms with Crippen LogP contribution in [0.2, 0.25) is 0 Å². The molecule has 7 heteroatoms. The third-order valence-electron chi connectivity index (χ3n) is 5.12. The molecule has 1 aliphatic heterocycles. The first-order chi connectivity index (χ1) is 14.4. The van der Waals surface area contributed by atoms with Gasteiger partial charge in [0.25, 0.3) is 0 Å². The lowest BCUT2D eigenvalue weighted by atomic mass is 9.94. The van der Waals surface area contributed by atoms with Gasteiger partial charge in [-0.2, -0.15) is 0 Å². The number of rotatable bonds is 5. The summed E-state index contributed by atoms with van der Waals surface area (Å²) in [7, 11) is 3.23. The van der Waals surface area contributed by atoms with Crippen molar-refractivity contribution in [1.29, 1.82) is 0 Å². The molecule has 30 heavy (non-hydrogen) atoms. The molecule has 0 radical (unpaired) electrons. The van der Waals surface area contributed by atoms with Crippen LogP contribution in [0, 0.1) is 0 Å². The molecule has 3 aromatic rings. The molecule has 0 saturated heterocycles. The molecule has 0 fully saturated rings. The smallest absolute Gasteiger partial charge is 0.338 e. The van der Waals surface area contributed by atoms with E-state index >= 15 is 0 Å². The van der Waals surface area contributed by atoms with Crippen LogP contribution in [0.5, 0.6) is 11.5 Å². The zero-order chi connectivity index (χ0) is 21.4. The van der Waals surface area contributed by atoms with Crippen molar-refractivity contribution in [1.82, 2.24) is 9.55 Å². The number of nitrogens with zero attached hydrogens (tertiary/aromatic N) is 2. The summed E-state index contributed by atoms with van der Waals surface area (Å²) in [6.45, 7) is 5.53. The van der Waals surface area contributed by atoms with Crippen molar-refractivity contribution in [3.8, 4) is 11.5 Å². The second kappa shape index (κ2) is 7.74. The Morgan fingerprint density at radius 1 is 1.13 bits per heavy atom. The first-order valence-corrected chi connectivity index (χ1v) is 9.82. The monoisotopic (exact) mass is 407 g/mol. The van der Waals surface area contributed by atoms with Crippen LogP contribution in [0.4, 0.5) is 5.95 Å². The predicted molar refractivity (Wildman–Crippen MR) is 115 cm³/mol. The summed E-state index contributed by atoms with van der Waals surface area (Å²) >= 11 is 0. The first kappa shape index (κ1) is 19.8. The van der Waals surface area contributed by atoms with E-state index in [1.807, 2.05) is 67.8 Å². The van der Waals surface area contributed by atoms with Gasteiger partial charge in [-0.3, -0.25) is 4.57 Å². The SMILES string of the molecule is COc1ccc(OC)c([C@@H]2C(C(=O)OC(C)C)=C(C)Nc3nc4ccccc4n32)c1. The van der Waals surface area contributed by atoms with Gasteiger partial charge < -0.3 is 19.5 Å². The van der Waals surface area contributed by atoms with E-state index < -0.39 is 6.04 Å². The van der Waals surface area contributed by atoms with Gasteiger partial charge in [-0.1, -0.05) is 12.1 Å². The Hall–Kier alpha value is -3.48. The molecule has 0 spiro atoms. The molecule has 7 nitrogen and oxygen atoms in total. The number of benzene rings is 2. The summed E-state index contributed by atoms with van der Waals surface area (Å²) in [6, 6.07) is 12.9. The highest BCUT2D eigenvalue weighted by atomic mass is 16.5. The lowest BCUT2D eigenvalue weighted by Gasteiger charge is -2.31. The quantitative estimate of drug-likeness (QED) is 0.636. The van der Waals surface area contributed by atoms with Gasteiger partial charge in [0.2, 0.25) is 5.95 Å². The summed E-state index contributed by atoms with van der Waals surface area (Å²) in [5.74, 6) is 1.59. The van der Waals surface area contributed by atoms with Crippen LogP contribution < -0.4 is 14.8 Å². The van der Waals surface area contributed by atoms with Crippen LogP contribution in [-0.2, 0) is 9.53 Å². The van der Waals surface area contributed by atoms with E-state index in [-0.39, 0.29) is 12.1 Å². The average Bonchev–Trinajstić information content (AvgIpc) is 3.09. The molecule has 0 unspecified atom stereocenters. The van der Waals surface area contributed by atoms with Crippen LogP contribution in [-0.4, -0.2) is 35.8 Å². The van der Waals surface area contributed by atoms with Crippen molar-refractivity contribution < 1.29 is 19.0 Å². The Bertz CT molecular complexity index is 1150. The van der Waals surface area contributed by atoms with Crippen LogP contribution in [0.1, 0.15) is 32.4 Å². The van der Waals surface area contributed by atoms with E-state index in [1.54, 1.807) is 14.2 Å². The molecule has 2 heterocycles. The molecule has 1 N–H and O–H groups in total. The molecular formula is C23H25N3O4.